The fraction of sp³-hybridized carbons (Fsp3) is 0.389. The molecule has 2 saturated heterocycles. The van der Waals surface area contributed by atoms with Crippen LogP contribution in [0.4, 0.5) is 5.69 Å². The average molecular weight is 657 g/mol. The summed E-state index contributed by atoms with van der Waals surface area (Å²) in [6, 6.07) is 21.9. The fourth-order valence-corrected chi connectivity index (χ4v) is 6.81. The lowest BCUT2D eigenvalue weighted by molar-refractivity contribution is -0.137. The van der Waals surface area contributed by atoms with E-state index in [4.69, 9.17) is 11.6 Å². The maximum Gasteiger partial charge on any atom is 0.256 e. The van der Waals surface area contributed by atoms with Crippen LogP contribution in [0.2, 0.25) is 5.02 Å². The highest BCUT2D eigenvalue weighted by atomic mass is 35.5. The van der Waals surface area contributed by atoms with Crippen molar-refractivity contribution in [1.82, 2.24) is 25.3 Å². The van der Waals surface area contributed by atoms with Crippen LogP contribution in [-0.2, 0) is 33.8 Å². The molecule has 2 atom stereocenters. The van der Waals surface area contributed by atoms with Crippen LogP contribution in [0.15, 0.2) is 72.8 Å². The molecule has 0 saturated carbocycles. The van der Waals surface area contributed by atoms with E-state index in [1.807, 2.05) is 64.4 Å². The lowest BCUT2D eigenvalue weighted by Crippen LogP contribution is -2.58. The summed E-state index contributed by atoms with van der Waals surface area (Å²) in [6.07, 6.45) is 0.909. The number of nitrogens with one attached hydrogen (secondary N) is 2. The summed E-state index contributed by atoms with van der Waals surface area (Å²) >= 11 is 6.12. The second kappa shape index (κ2) is 14.6. The first kappa shape index (κ1) is 32.5. The number of fused-ring (bicyclic) bond motifs is 1. The normalized spacial score (nSPS) is 18.7. The second-order valence-electron chi connectivity index (χ2n) is 12.4. The Morgan fingerprint density at radius 2 is 1.40 bits per heavy atom. The lowest BCUT2D eigenvalue weighted by atomic mass is 9.95. The molecule has 3 aromatic carbocycles. The van der Waals surface area contributed by atoms with Gasteiger partial charge in [-0.3, -0.25) is 19.2 Å². The van der Waals surface area contributed by atoms with E-state index in [0.717, 1.165) is 16.8 Å². The second-order valence-corrected chi connectivity index (χ2v) is 12.9. The molecule has 2 fully saturated rings. The standard InChI is InChI=1S/C36H41ClN6O4/c1-25(44)40-14-18-42(19-15-40)35(46)30-8-4-5-9-33(30)41-16-20-43(21-17-41)36(47)32(22-26-10-12-29(37)13-11-26)39-34(45)31-23-27-6-2-3-7-28(27)24-38-31/h2-13,31-32,38H,14-24H2,1H3,(H,39,45)/t31-,32+/m0/s1. The van der Waals surface area contributed by atoms with Crippen molar-refractivity contribution in [3.8, 4) is 0 Å². The molecular weight excluding hydrogens is 616 g/mol. The number of para-hydroxylation sites is 1. The van der Waals surface area contributed by atoms with E-state index in [2.05, 4.69) is 21.6 Å². The molecule has 0 aliphatic carbocycles. The van der Waals surface area contributed by atoms with Gasteiger partial charge in [0.2, 0.25) is 17.7 Å². The van der Waals surface area contributed by atoms with Gasteiger partial charge < -0.3 is 30.2 Å². The SMILES string of the molecule is CC(=O)N1CCN(C(=O)c2ccccc2N2CCN(C(=O)[C@@H](Cc3ccc(Cl)cc3)NC(=O)[C@@H]3Cc4ccccc4CN3)CC2)CC1. The molecule has 4 amide bonds. The molecule has 0 radical (unpaired) electrons. The van der Waals surface area contributed by atoms with Crippen molar-refractivity contribution >= 4 is 40.9 Å². The van der Waals surface area contributed by atoms with Gasteiger partial charge in [-0.2, -0.15) is 0 Å². The van der Waals surface area contributed by atoms with Crippen LogP contribution >= 0.6 is 11.6 Å². The number of carbonyl (C=O) groups is 4. The first-order valence-corrected chi connectivity index (χ1v) is 16.7. The fourth-order valence-electron chi connectivity index (χ4n) is 6.68. The zero-order chi connectivity index (χ0) is 32.9. The van der Waals surface area contributed by atoms with Gasteiger partial charge in [-0.15, -0.1) is 0 Å². The van der Waals surface area contributed by atoms with E-state index in [1.54, 1.807) is 24.0 Å². The Morgan fingerprint density at radius 3 is 2.11 bits per heavy atom. The third-order valence-corrected chi connectivity index (χ3v) is 9.70. The highest BCUT2D eigenvalue weighted by Crippen LogP contribution is 2.25. The summed E-state index contributed by atoms with van der Waals surface area (Å²) in [5, 5.41) is 7.02. The first-order valence-electron chi connectivity index (χ1n) is 16.3. The molecule has 3 aromatic rings. The average Bonchev–Trinajstić information content (AvgIpc) is 3.11. The molecular formula is C36H41ClN6O4. The summed E-state index contributed by atoms with van der Waals surface area (Å²) in [4.78, 5) is 60.4. The quantitative estimate of drug-likeness (QED) is 0.406. The molecule has 3 aliphatic heterocycles. The molecule has 47 heavy (non-hydrogen) atoms. The Hall–Kier alpha value is -4.41. The number of piperazine rings is 2. The van der Waals surface area contributed by atoms with Crippen molar-refractivity contribution in [2.45, 2.75) is 38.4 Å². The molecule has 6 rings (SSSR count). The Bertz CT molecular complexity index is 1620. The number of rotatable bonds is 7. The van der Waals surface area contributed by atoms with Crippen molar-refractivity contribution in [1.29, 1.82) is 0 Å². The van der Waals surface area contributed by atoms with Crippen molar-refractivity contribution in [3.63, 3.8) is 0 Å². The van der Waals surface area contributed by atoms with E-state index in [1.165, 1.54) is 5.56 Å². The minimum atomic E-state index is -0.739. The molecule has 2 N–H and O–H groups in total. The summed E-state index contributed by atoms with van der Waals surface area (Å²) in [7, 11) is 0. The molecule has 246 valence electrons. The first-order chi connectivity index (χ1) is 22.8. The highest BCUT2D eigenvalue weighted by molar-refractivity contribution is 6.30. The molecule has 3 aliphatic rings. The molecule has 0 spiro atoms. The predicted molar refractivity (Wildman–Crippen MR) is 181 cm³/mol. The van der Waals surface area contributed by atoms with Crippen molar-refractivity contribution < 1.29 is 19.2 Å². The molecule has 10 nitrogen and oxygen atoms in total. The van der Waals surface area contributed by atoms with E-state index in [0.29, 0.717) is 82.3 Å². The van der Waals surface area contributed by atoms with Gasteiger partial charge in [-0.25, -0.2) is 0 Å². The van der Waals surface area contributed by atoms with Crippen LogP contribution < -0.4 is 15.5 Å². The zero-order valence-corrected chi connectivity index (χ0v) is 27.4. The van der Waals surface area contributed by atoms with E-state index in [-0.39, 0.29) is 23.6 Å². The molecule has 11 heteroatoms. The number of carbonyl (C=O) groups excluding carboxylic acids is 4. The van der Waals surface area contributed by atoms with Crippen LogP contribution in [0.3, 0.4) is 0 Å². The minimum absolute atomic E-state index is 0.0244. The third-order valence-electron chi connectivity index (χ3n) is 9.44. The van der Waals surface area contributed by atoms with Gasteiger partial charge in [0.1, 0.15) is 6.04 Å². The highest BCUT2D eigenvalue weighted by Gasteiger charge is 2.33. The van der Waals surface area contributed by atoms with Crippen molar-refractivity contribution in [2.24, 2.45) is 0 Å². The summed E-state index contributed by atoms with van der Waals surface area (Å²) in [6.45, 7) is 6.23. The van der Waals surface area contributed by atoms with Gasteiger partial charge in [-0.1, -0.05) is 60.1 Å². The molecule has 0 aromatic heterocycles. The zero-order valence-electron chi connectivity index (χ0n) is 26.7. The number of nitrogens with zero attached hydrogens (tertiary/aromatic N) is 4. The van der Waals surface area contributed by atoms with Crippen LogP contribution in [0, 0.1) is 0 Å². The molecule has 0 bridgehead atoms. The molecule has 3 heterocycles. The monoisotopic (exact) mass is 656 g/mol. The van der Waals surface area contributed by atoms with Crippen LogP contribution in [-0.4, -0.2) is 103 Å². The minimum Gasteiger partial charge on any atom is -0.367 e. The lowest BCUT2D eigenvalue weighted by Gasteiger charge is -2.39. The van der Waals surface area contributed by atoms with Gasteiger partial charge in [0.25, 0.3) is 5.91 Å². The van der Waals surface area contributed by atoms with Gasteiger partial charge in [0, 0.05) is 83.0 Å². The van der Waals surface area contributed by atoms with E-state index < -0.39 is 12.1 Å². The Labute approximate surface area is 280 Å². The van der Waals surface area contributed by atoms with Gasteiger partial charge >= 0.3 is 0 Å². The predicted octanol–water partition coefficient (Wildman–Crippen LogP) is 2.73. The smallest absolute Gasteiger partial charge is 0.256 e. The topological polar surface area (TPSA) is 105 Å². The van der Waals surface area contributed by atoms with Crippen LogP contribution in [0.5, 0.6) is 0 Å². The Balaban J connectivity index is 1.12. The number of anilines is 1. The maximum atomic E-state index is 14.0. The van der Waals surface area contributed by atoms with Crippen LogP contribution in [0.25, 0.3) is 0 Å². The van der Waals surface area contributed by atoms with Gasteiger partial charge in [0.15, 0.2) is 0 Å². The third kappa shape index (κ3) is 7.60. The van der Waals surface area contributed by atoms with Crippen LogP contribution in [0.1, 0.15) is 34.0 Å². The Morgan fingerprint density at radius 1 is 0.787 bits per heavy atom. The van der Waals surface area contributed by atoms with E-state index >= 15 is 0 Å². The maximum absolute atomic E-state index is 14.0. The summed E-state index contributed by atoms with van der Waals surface area (Å²) < 4.78 is 0. The number of benzene rings is 3. The van der Waals surface area contributed by atoms with Crippen molar-refractivity contribution in [2.75, 3.05) is 57.3 Å². The van der Waals surface area contributed by atoms with Crippen molar-refractivity contribution in [3.05, 3.63) is 100 Å². The van der Waals surface area contributed by atoms with E-state index in [9.17, 15) is 19.2 Å². The Kier molecular flexibility index (Phi) is 10.1. The molecule has 0 unspecified atom stereocenters. The largest absolute Gasteiger partial charge is 0.367 e. The van der Waals surface area contributed by atoms with Gasteiger partial charge in [0.05, 0.1) is 11.6 Å². The summed E-state index contributed by atoms with van der Waals surface area (Å²) in [5.74, 6) is -0.345. The number of halogens is 1. The number of hydrogen-bond donors (Lipinski definition) is 2. The summed E-state index contributed by atoms with van der Waals surface area (Å²) in [5.41, 5.74) is 4.69. The number of amides is 4. The van der Waals surface area contributed by atoms with Gasteiger partial charge in [-0.05, 0) is 47.4 Å². The number of hydrogen-bond acceptors (Lipinski definition) is 6.